The summed E-state index contributed by atoms with van der Waals surface area (Å²) in [4.78, 5) is 9.73. The van der Waals surface area contributed by atoms with E-state index in [0.29, 0.717) is 0 Å². The Morgan fingerprint density at radius 3 is 1.53 bits per heavy atom. The maximum atomic E-state index is 4.87. The molecule has 5 heteroatoms. The molecule has 0 saturated heterocycles. The Morgan fingerprint density at radius 2 is 0.843 bits per heavy atom. The van der Waals surface area contributed by atoms with E-state index in [1.165, 1.54) is 83.8 Å². The summed E-state index contributed by atoms with van der Waals surface area (Å²) in [5.74, 6) is 0. The first-order valence-corrected chi connectivity index (χ1v) is 19.4. The van der Waals surface area contributed by atoms with Crippen LogP contribution in [0.15, 0.2) is 158 Å². The van der Waals surface area contributed by atoms with Crippen LogP contribution in [0.25, 0.3) is 105 Å². The van der Waals surface area contributed by atoms with Gasteiger partial charge in [-0.1, -0.05) is 115 Å². The van der Waals surface area contributed by atoms with Crippen molar-refractivity contribution >= 4 is 94.7 Å². The van der Waals surface area contributed by atoms with Gasteiger partial charge < -0.3 is 0 Å². The standard InChI is InChI=1S/C46H26N2S3/c1-3-19-39-34(13-1)36-17-7-15-32(44(36)49-39)29-10-5-9-27(23-29)28-21-22-41-38(25-28)43-46(51-41)42(47-26-48-43)31-12-6-11-30(24-31)33-16-8-18-37-35-14-2-4-20-40(35)50-45(33)37/h1-26H. The van der Waals surface area contributed by atoms with Crippen molar-refractivity contribution in [3.8, 4) is 44.6 Å². The van der Waals surface area contributed by atoms with E-state index in [-0.39, 0.29) is 0 Å². The highest BCUT2D eigenvalue weighted by atomic mass is 32.1. The van der Waals surface area contributed by atoms with Crippen molar-refractivity contribution < 1.29 is 0 Å². The van der Waals surface area contributed by atoms with E-state index in [1.807, 2.05) is 22.7 Å². The summed E-state index contributed by atoms with van der Waals surface area (Å²) < 4.78 is 7.64. The van der Waals surface area contributed by atoms with E-state index in [1.54, 1.807) is 17.7 Å². The normalized spacial score (nSPS) is 11.9. The Kier molecular flexibility index (Phi) is 6.50. The molecule has 4 aromatic heterocycles. The van der Waals surface area contributed by atoms with Crippen molar-refractivity contribution in [2.45, 2.75) is 0 Å². The van der Waals surface area contributed by atoms with Gasteiger partial charge in [-0.25, -0.2) is 9.97 Å². The first kappa shape index (κ1) is 29.1. The van der Waals surface area contributed by atoms with Crippen molar-refractivity contribution in [1.29, 1.82) is 0 Å². The van der Waals surface area contributed by atoms with Crippen LogP contribution in [-0.4, -0.2) is 9.97 Å². The SMILES string of the molecule is c1cc(-c2ccc3sc4c(-c5cccc(-c6cccc7c6sc6ccccc67)c5)ncnc4c3c2)cc(-c2cccc3c2sc2ccccc23)c1. The van der Waals surface area contributed by atoms with Crippen LogP contribution in [0.2, 0.25) is 0 Å². The van der Waals surface area contributed by atoms with E-state index in [9.17, 15) is 0 Å². The van der Waals surface area contributed by atoms with Crippen LogP contribution in [-0.2, 0) is 0 Å². The van der Waals surface area contributed by atoms with E-state index in [0.717, 1.165) is 21.5 Å². The highest BCUT2D eigenvalue weighted by Crippen LogP contribution is 2.44. The monoisotopic (exact) mass is 702 g/mol. The second-order valence-corrected chi connectivity index (χ2v) is 16.1. The summed E-state index contributed by atoms with van der Waals surface area (Å²) in [7, 11) is 0. The molecular formula is C46H26N2S3. The van der Waals surface area contributed by atoms with Gasteiger partial charge in [0.1, 0.15) is 6.33 Å². The molecule has 7 aromatic carbocycles. The molecule has 0 spiro atoms. The number of aromatic nitrogens is 2. The molecular weight excluding hydrogens is 677 g/mol. The summed E-state index contributed by atoms with van der Waals surface area (Å²) in [6, 6.07) is 55.3. The minimum Gasteiger partial charge on any atom is -0.235 e. The molecule has 11 aromatic rings. The molecule has 51 heavy (non-hydrogen) atoms. The molecule has 0 radical (unpaired) electrons. The number of fused-ring (bicyclic) bond motifs is 9. The van der Waals surface area contributed by atoms with Crippen LogP contribution < -0.4 is 0 Å². The van der Waals surface area contributed by atoms with Gasteiger partial charge in [0.2, 0.25) is 0 Å². The summed E-state index contributed by atoms with van der Waals surface area (Å²) in [6.45, 7) is 0. The third-order valence-electron chi connectivity index (χ3n) is 10.0. The minimum absolute atomic E-state index is 0.978. The second kappa shape index (κ2) is 11.4. The van der Waals surface area contributed by atoms with Crippen LogP contribution in [0.1, 0.15) is 0 Å². The summed E-state index contributed by atoms with van der Waals surface area (Å²) in [5.41, 5.74) is 10.4. The topological polar surface area (TPSA) is 25.8 Å². The Hall–Kier alpha value is -5.72. The fourth-order valence-corrected chi connectivity index (χ4v) is 11.2. The quantitative estimate of drug-likeness (QED) is 0.182. The van der Waals surface area contributed by atoms with Crippen molar-refractivity contribution in [1.82, 2.24) is 9.97 Å². The van der Waals surface area contributed by atoms with Crippen molar-refractivity contribution in [3.05, 3.63) is 158 Å². The van der Waals surface area contributed by atoms with Crippen molar-refractivity contribution in [2.24, 2.45) is 0 Å². The lowest BCUT2D eigenvalue weighted by molar-refractivity contribution is 1.24. The molecule has 0 aliphatic carbocycles. The van der Waals surface area contributed by atoms with Gasteiger partial charge >= 0.3 is 0 Å². The molecule has 0 bridgehead atoms. The van der Waals surface area contributed by atoms with Crippen LogP contribution in [0.4, 0.5) is 0 Å². The van der Waals surface area contributed by atoms with E-state index in [2.05, 4.69) is 152 Å². The maximum absolute atomic E-state index is 4.87. The minimum atomic E-state index is 0.978. The summed E-state index contributed by atoms with van der Waals surface area (Å²) in [6.07, 6.45) is 1.72. The van der Waals surface area contributed by atoms with Gasteiger partial charge in [-0.15, -0.1) is 34.0 Å². The molecule has 11 rings (SSSR count). The predicted octanol–water partition coefficient (Wildman–Crippen LogP) is 14.2. The molecule has 0 saturated carbocycles. The van der Waals surface area contributed by atoms with Crippen molar-refractivity contribution in [2.75, 3.05) is 0 Å². The number of hydrogen-bond donors (Lipinski definition) is 0. The van der Waals surface area contributed by atoms with Crippen LogP contribution in [0, 0.1) is 0 Å². The Bertz CT molecular complexity index is 3160. The zero-order chi connectivity index (χ0) is 33.5. The van der Waals surface area contributed by atoms with Crippen LogP contribution >= 0.6 is 34.0 Å². The number of rotatable bonds is 4. The highest BCUT2D eigenvalue weighted by molar-refractivity contribution is 7.27. The fourth-order valence-electron chi connectivity index (χ4n) is 7.61. The Morgan fingerprint density at radius 1 is 0.333 bits per heavy atom. The molecule has 0 amide bonds. The molecule has 0 N–H and O–H groups in total. The smallest absolute Gasteiger partial charge is 0.116 e. The van der Waals surface area contributed by atoms with Gasteiger partial charge in [0.15, 0.2) is 0 Å². The zero-order valence-electron chi connectivity index (χ0n) is 27.1. The average Bonchev–Trinajstić information content (AvgIpc) is 3.89. The summed E-state index contributed by atoms with van der Waals surface area (Å²) >= 11 is 5.52. The lowest BCUT2D eigenvalue weighted by Gasteiger charge is -2.08. The number of thiophene rings is 3. The largest absolute Gasteiger partial charge is 0.235 e. The third-order valence-corrected chi connectivity index (χ3v) is 13.6. The first-order chi connectivity index (χ1) is 25.3. The molecule has 238 valence electrons. The van der Waals surface area contributed by atoms with Gasteiger partial charge in [0.05, 0.1) is 15.9 Å². The van der Waals surface area contributed by atoms with Gasteiger partial charge in [-0.3, -0.25) is 0 Å². The van der Waals surface area contributed by atoms with Gasteiger partial charge in [0, 0.05) is 56.0 Å². The Balaban J connectivity index is 1.00. The highest BCUT2D eigenvalue weighted by Gasteiger charge is 2.17. The van der Waals surface area contributed by atoms with E-state index >= 15 is 0 Å². The predicted molar refractivity (Wildman–Crippen MR) is 222 cm³/mol. The van der Waals surface area contributed by atoms with Crippen LogP contribution in [0.5, 0.6) is 0 Å². The number of benzene rings is 7. The molecule has 0 aliphatic rings. The lowest BCUT2D eigenvalue weighted by Crippen LogP contribution is -1.87. The fraction of sp³-hybridized carbons (Fsp3) is 0. The second-order valence-electron chi connectivity index (χ2n) is 12.9. The molecule has 2 nitrogen and oxygen atoms in total. The molecule has 0 atom stereocenters. The first-order valence-electron chi connectivity index (χ1n) is 17.0. The maximum Gasteiger partial charge on any atom is 0.116 e. The van der Waals surface area contributed by atoms with E-state index < -0.39 is 0 Å². The van der Waals surface area contributed by atoms with Crippen molar-refractivity contribution in [3.63, 3.8) is 0 Å². The van der Waals surface area contributed by atoms with Gasteiger partial charge in [0.25, 0.3) is 0 Å². The van der Waals surface area contributed by atoms with Gasteiger partial charge in [-0.05, 0) is 69.8 Å². The molecule has 0 fully saturated rings. The molecule has 4 heterocycles. The Labute approximate surface area is 305 Å². The zero-order valence-corrected chi connectivity index (χ0v) is 29.6. The van der Waals surface area contributed by atoms with Gasteiger partial charge in [-0.2, -0.15) is 0 Å². The van der Waals surface area contributed by atoms with Crippen LogP contribution in [0.3, 0.4) is 0 Å². The third kappa shape index (κ3) is 4.59. The number of hydrogen-bond acceptors (Lipinski definition) is 5. The molecule has 0 aliphatic heterocycles. The summed E-state index contributed by atoms with van der Waals surface area (Å²) in [5, 5.41) is 6.44. The number of nitrogens with zero attached hydrogens (tertiary/aromatic N) is 2. The average molecular weight is 703 g/mol. The lowest BCUT2D eigenvalue weighted by atomic mass is 9.97. The molecule has 0 unspecified atom stereocenters. The van der Waals surface area contributed by atoms with E-state index in [4.69, 9.17) is 9.97 Å².